The summed E-state index contributed by atoms with van der Waals surface area (Å²) in [7, 11) is 0. The minimum Gasteiger partial charge on any atom is -0.357 e. The van der Waals surface area contributed by atoms with Crippen LogP contribution in [0.5, 0.6) is 0 Å². The number of hydrogen-bond acceptors (Lipinski definition) is 8. The van der Waals surface area contributed by atoms with E-state index in [-0.39, 0.29) is 49.2 Å². The van der Waals surface area contributed by atoms with Crippen LogP contribution in [-0.2, 0) is 48.2 Å². The number of ether oxygens (including phenoxy) is 1. The Hall–Kier alpha value is -4.20. The van der Waals surface area contributed by atoms with E-state index < -0.39 is 29.7 Å². The summed E-state index contributed by atoms with van der Waals surface area (Å²) in [6.07, 6.45) is 3.04. The predicted molar refractivity (Wildman–Crippen MR) is 199 cm³/mol. The molecule has 50 heavy (non-hydrogen) atoms. The molecule has 5 N–H and O–H groups in total. The van der Waals surface area contributed by atoms with Crippen LogP contribution >= 0.6 is 23.1 Å². The van der Waals surface area contributed by atoms with Gasteiger partial charge in [-0.15, -0.1) is 23.1 Å². The van der Waals surface area contributed by atoms with Crippen LogP contribution in [0.25, 0.3) is 0 Å². The first-order valence-electron chi connectivity index (χ1n) is 16.7. The van der Waals surface area contributed by atoms with Crippen molar-refractivity contribution in [3.63, 3.8) is 0 Å². The van der Waals surface area contributed by atoms with Crippen molar-refractivity contribution in [2.45, 2.75) is 70.8 Å². The molecule has 0 fully saturated rings. The maximum Gasteiger partial charge on any atom is 0.243 e. The van der Waals surface area contributed by atoms with Gasteiger partial charge >= 0.3 is 0 Å². The molecule has 0 radical (unpaired) electrons. The zero-order chi connectivity index (χ0) is 36.4. The highest BCUT2D eigenvalue weighted by molar-refractivity contribution is 8.01. The van der Waals surface area contributed by atoms with E-state index in [0.717, 1.165) is 30.4 Å². The molecule has 1 heterocycles. The van der Waals surface area contributed by atoms with Crippen molar-refractivity contribution in [2.24, 2.45) is 0 Å². The van der Waals surface area contributed by atoms with Gasteiger partial charge in [-0.1, -0.05) is 81.8 Å². The van der Waals surface area contributed by atoms with E-state index in [9.17, 15) is 24.0 Å². The molecule has 270 valence electrons. The first kappa shape index (κ1) is 40.2. The molecule has 0 spiro atoms. The zero-order valence-corrected chi connectivity index (χ0v) is 30.9. The SMILES string of the molecule is CCCC(C)(C)SCC(=O)NCC(=O)NCC(=O)N[C@@H](Cc1ccccc1)C(=O)NCC(=O)NCOCc1ccc(Cc2ccc(C)s2)cc1. The van der Waals surface area contributed by atoms with Crippen LogP contribution in [0.1, 0.15) is 60.1 Å². The molecule has 0 saturated carbocycles. The Morgan fingerprint density at radius 1 is 0.760 bits per heavy atom. The summed E-state index contributed by atoms with van der Waals surface area (Å²) in [6.45, 7) is 7.64. The van der Waals surface area contributed by atoms with Gasteiger partial charge in [0.25, 0.3) is 0 Å². The first-order valence-corrected chi connectivity index (χ1v) is 18.5. The highest BCUT2D eigenvalue weighted by Crippen LogP contribution is 2.28. The van der Waals surface area contributed by atoms with Crippen LogP contribution in [-0.4, -0.2) is 72.4 Å². The minimum atomic E-state index is -0.999. The normalized spacial score (nSPS) is 11.7. The van der Waals surface area contributed by atoms with Gasteiger partial charge in [0.2, 0.25) is 29.5 Å². The smallest absolute Gasteiger partial charge is 0.243 e. The lowest BCUT2D eigenvalue weighted by molar-refractivity contribution is -0.131. The van der Waals surface area contributed by atoms with Gasteiger partial charge < -0.3 is 31.3 Å². The van der Waals surface area contributed by atoms with Crippen molar-refractivity contribution in [3.05, 3.63) is 93.2 Å². The fraction of sp³-hybridized carbons (Fsp3) is 0.432. The van der Waals surface area contributed by atoms with Crippen LogP contribution in [0.2, 0.25) is 0 Å². The van der Waals surface area contributed by atoms with Crippen molar-refractivity contribution in [1.82, 2.24) is 26.6 Å². The molecule has 1 atom stereocenters. The lowest BCUT2D eigenvalue weighted by atomic mass is 10.1. The summed E-state index contributed by atoms with van der Waals surface area (Å²) in [4.78, 5) is 65.2. The molecule has 2 aromatic carbocycles. The number of carbonyl (C=O) groups is 5. The second-order valence-electron chi connectivity index (χ2n) is 12.5. The lowest BCUT2D eigenvalue weighted by Gasteiger charge is -2.22. The molecule has 0 bridgehead atoms. The van der Waals surface area contributed by atoms with E-state index in [1.165, 1.54) is 27.1 Å². The Kier molecular flexibility index (Phi) is 17.0. The zero-order valence-electron chi connectivity index (χ0n) is 29.3. The molecule has 0 unspecified atom stereocenters. The summed E-state index contributed by atoms with van der Waals surface area (Å²) in [5.74, 6) is -2.17. The highest BCUT2D eigenvalue weighted by atomic mass is 32.2. The fourth-order valence-electron chi connectivity index (χ4n) is 4.90. The third-order valence-electron chi connectivity index (χ3n) is 7.53. The molecule has 0 aliphatic carbocycles. The van der Waals surface area contributed by atoms with Gasteiger partial charge in [-0.3, -0.25) is 24.0 Å². The molecule has 3 rings (SSSR count). The van der Waals surface area contributed by atoms with E-state index in [0.29, 0.717) is 6.61 Å². The van der Waals surface area contributed by atoms with E-state index in [4.69, 9.17) is 4.74 Å². The van der Waals surface area contributed by atoms with Crippen molar-refractivity contribution >= 4 is 52.6 Å². The lowest BCUT2D eigenvalue weighted by Crippen LogP contribution is -2.52. The maximum absolute atomic E-state index is 13.1. The fourth-order valence-corrected chi connectivity index (χ4v) is 6.80. The average Bonchev–Trinajstić information content (AvgIpc) is 3.51. The summed E-state index contributed by atoms with van der Waals surface area (Å²) in [5.41, 5.74) is 2.98. The van der Waals surface area contributed by atoms with Gasteiger partial charge in [0.15, 0.2) is 0 Å². The minimum absolute atomic E-state index is 0.0366. The van der Waals surface area contributed by atoms with Crippen molar-refractivity contribution in [2.75, 3.05) is 32.1 Å². The predicted octanol–water partition coefficient (Wildman–Crippen LogP) is 3.63. The van der Waals surface area contributed by atoms with Gasteiger partial charge in [-0.2, -0.15) is 0 Å². The van der Waals surface area contributed by atoms with Gasteiger partial charge in [0, 0.05) is 27.3 Å². The largest absolute Gasteiger partial charge is 0.357 e. The van der Waals surface area contributed by atoms with Crippen molar-refractivity contribution in [1.29, 1.82) is 0 Å². The maximum atomic E-state index is 13.1. The molecule has 0 aliphatic heterocycles. The summed E-state index contributed by atoms with van der Waals surface area (Å²) >= 11 is 3.31. The summed E-state index contributed by atoms with van der Waals surface area (Å²) in [6, 6.07) is 20.5. The molecule has 5 amide bonds. The van der Waals surface area contributed by atoms with Gasteiger partial charge in [-0.25, -0.2) is 0 Å². The van der Waals surface area contributed by atoms with Gasteiger partial charge in [0.05, 0.1) is 32.0 Å². The quantitative estimate of drug-likeness (QED) is 0.0831. The van der Waals surface area contributed by atoms with Gasteiger partial charge in [-0.05, 0) is 42.2 Å². The number of rotatable bonds is 21. The molecule has 11 nitrogen and oxygen atoms in total. The standard InChI is InChI=1S/C37H49N5O6S2/c1-5-17-37(3,4)49-24-35(46)39-20-32(43)38-22-34(45)42-31(19-27-9-7-6-8-10-27)36(47)40-21-33(44)41-25-48-23-29-14-12-28(13-15-29)18-30-16-11-26(2)50-30/h6-16,31H,5,17-25H2,1-4H3,(H,38,43)(H,39,46)(H,40,47)(H,41,44)(H,42,45)/t31-/m0/s1. The summed E-state index contributed by atoms with van der Waals surface area (Å²) < 4.78 is 5.55. The number of carbonyl (C=O) groups excluding carboxylic acids is 5. The van der Waals surface area contributed by atoms with Crippen LogP contribution in [0.4, 0.5) is 0 Å². The van der Waals surface area contributed by atoms with E-state index >= 15 is 0 Å². The van der Waals surface area contributed by atoms with Crippen LogP contribution in [0, 0.1) is 6.92 Å². The number of amides is 5. The molecule has 13 heteroatoms. The first-order chi connectivity index (χ1) is 23.9. The molecule has 3 aromatic rings. The van der Waals surface area contributed by atoms with Crippen molar-refractivity contribution < 1.29 is 28.7 Å². The third-order valence-corrected chi connectivity index (χ3v) is 9.93. The second-order valence-corrected chi connectivity index (χ2v) is 15.5. The summed E-state index contributed by atoms with van der Waals surface area (Å²) in [5, 5.41) is 12.8. The topological polar surface area (TPSA) is 155 Å². The number of benzene rings is 2. The average molecular weight is 724 g/mol. The Morgan fingerprint density at radius 3 is 2.08 bits per heavy atom. The monoisotopic (exact) mass is 723 g/mol. The molecule has 0 saturated heterocycles. The van der Waals surface area contributed by atoms with Crippen LogP contribution < -0.4 is 26.6 Å². The van der Waals surface area contributed by atoms with Crippen molar-refractivity contribution in [3.8, 4) is 0 Å². The molecule has 1 aromatic heterocycles. The van der Waals surface area contributed by atoms with Gasteiger partial charge in [0.1, 0.15) is 12.8 Å². The third kappa shape index (κ3) is 16.0. The van der Waals surface area contributed by atoms with E-state index in [1.54, 1.807) is 11.3 Å². The molecule has 0 aliphatic rings. The second kappa shape index (κ2) is 21.1. The number of hydrogen-bond donors (Lipinski definition) is 5. The Morgan fingerprint density at radius 2 is 1.40 bits per heavy atom. The van der Waals surface area contributed by atoms with Crippen LogP contribution in [0.3, 0.4) is 0 Å². The number of thiophene rings is 1. The van der Waals surface area contributed by atoms with E-state index in [1.807, 2.05) is 42.5 Å². The Balaban J connectivity index is 1.38. The van der Waals surface area contributed by atoms with E-state index in [2.05, 4.69) is 78.5 Å². The number of aryl methyl sites for hydroxylation is 1. The number of nitrogens with one attached hydrogen (secondary N) is 5. The molecular weight excluding hydrogens is 675 g/mol. The van der Waals surface area contributed by atoms with Crippen LogP contribution in [0.15, 0.2) is 66.7 Å². The number of thioether (sulfide) groups is 1. The highest BCUT2D eigenvalue weighted by Gasteiger charge is 2.23. The Bertz CT molecular complexity index is 1550. The Labute approximate surface area is 303 Å². The molecular formula is C37H49N5O6S2.